The lowest BCUT2D eigenvalue weighted by molar-refractivity contribution is -0.130. The summed E-state index contributed by atoms with van der Waals surface area (Å²) in [4.78, 5) is 38.8. The van der Waals surface area contributed by atoms with Crippen LogP contribution in [0.1, 0.15) is 12.0 Å². The Hall–Kier alpha value is -2.80. The third kappa shape index (κ3) is 4.89. The van der Waals surface area contributed by atoms with Crippen molar-refractivity contribution < 1.29 is 14.4 Å². The normalized spacial score (nSPS) is 16.3. The maximum atomic E-state index is 12.5. The molecule has 2 aromatic rings. The number of hydrogen-bond donors (Lipinski definition) is 2. The van der Waals surface area contributed by atoms with Crippen LogP contribution in [0.15, 0.2) is 59.5 Å². The fourth-order valence-corrected chi connectivity index (χ4v) is 3.38. The monoisotopic (exact) mass is 383 g/mol. The van der Waals surface area contributed by atoms with Gasteiger partial charge in [0.1, 0.15) is 12.6 Å². The van der Waals surface area contributed by atoms with Crippen LogP contribution in [0.4, 0.5) is 10.5 Å². The highest BCUT2D eigenvalue weighted by Gasteiger charge is 2.38. The fraction of sp³-hybridized carbons (Fsp3) is 0.250. The van der Waals surface area contributed by atoms with Gasteiger partial charge in [-0.05, 0) is 42.9 Å². The molecule has 1 aliphatic rings. The number of amides is 4. The van der Waals surface area contributed by atoms with Crippen LogP contribution in [0.25, 0.3) is 0 Å². The van der Waals surface area contributed by atoms with Crippen molar-refractivity contribution in [3.8, 4) is 0 Å². The molecule has 0 radical (unpaired) electrons. The molecule has 0 aliphatic carbocycles. The average Bonchev–Trinajstić information content (AvgIpc) is 2.95. The molecule has 1 atom stereocenters. The minimum atomic E-state index is -0.592. The molecule has 7 heteroatoms. The first-order chi connectivity index (χ1) is 13.1. The van der Waals surface area contributed by atoms with Gasteiger partial charge < -0.3 is 10.6 Å². The highest BCUT2D eigenvalue weighted by atomic mass is 32.2. The number of benzene rings is 2. The number of carbonyl (C=O) groups excluding carboxylic acids is 3. The summed E-state index contributed by atoms with van der Waals surface area (Å²) in [6.07, 6.45) is 3.13. The van der Waals surface area contributed by atoms with Crippen molar-refractivity contribution in [1.29, 1.82) is 0 Å². The van der Waals surface area contributed by atoms with Crippen LogP contribution in [-0.4, -0.2) is 41.6 Å². The summed E-state index contributed by atoms with van der Waals surface area (Å²) in [6, 6.07) is 16.1. The summed E-state index contributed by atoms with van der Waals surface area (Å²) >= 11 is 1.57. The van der Waals surface area contributed by atoms with Crippen molar-refractivity contribution in [3.05, 3.63) is 60.2 Å². The fourth-order valence-electron chi connectivity index (χ4n) is 2.92. The largest absolute Gasteiger partial charge is 0.326 e. The molecule has 3 rings (SSSR count). The van der Waals surface area contributed by atoms with Gasteiger partial charge in [0.2, 0.25) is 5.91 Å². The van der Waals surface area contributed by atoms with E-state index in [2.05, 4.69) is 10.6 Å². The zero-order valence-electron chi connectivity index (χ0n) is 15.0. The predicted octanol–water partition coefficient (Wildman–Crippen LogP) is 2.90. The van der Waals surface area contributed by atoms with E-state index in [1.54, 1.807) is 17.8 Å². The summed E-state index contributed by atoms with van der Waals surface area (Å²) in [5.74, 6) is -0.760. The number of urea groups is 1. The number of anilines is 1. The second kappa shape index (κ2) is 8.73. The van der Waals surface area contributed by atoms with E-state index < -0.39 is 18.0 Å². The van der Waals surface area contributed by atoms with Gasteiger partial charge in [-0.25, -0.2) is 4.79 Å². The summed E-state index contributed by atoms with van der Waals surface area (Å²) in [7, 11) is 0. The Morgan fingerprint density at radius 3 is 2.67 bits per heavy atom. The van der Waals surface area contributed by atoms with Gasteiger partial charge in [0.15, 0.2) is 0 Å². The lowest BCUT2D eigenvalue weighted by Gasteiger charge is -2.13. The van der Waals surface area contributed by atoms with Crippen LogP contribution in [0.5, 0.6) is 0 Å². The second-order valence-corrected chi connectivity index (χ2v) is 7.11. The summed E-state index contributed by atoms with van der Waals surface area (Å²) < 4.78 is 0. The van der Waals surface area contributed by atoms with Crippen molar-refractivity contribution >= 4 is 35.3 Å². The second-order valence-electron chi connectivity index (χ2n) is 6.23. The highest BCUT2D eigenvalue weighted by Crippen LogP contribution is 2.19. The number of rotatable bonds is 7. The van der Waals surface area contributed by atoms with E-state index in [9.17, 15) is 14.4 Å². The van der Waals surface area contributed by atoms with Gasteiger partial charge >= 0.3 is 6.03 Å². The molecule has 2 aromatic carbocycles. The van der Waals surface area contributed by atoms with Crippen LogP contribution >= 0.6 is 11.8 Å². The van der Waals surface area contributed by atoms with Gasteiger partial charge in [-0.3, -0.25) is 14.5 Å². The Labute approximate surface area is 162 Å². The maximum Gasteiger partial charge on any atom is 0.325 e. The van der Waals surface area contributed by atoms with Crippen LogP contribution in [0.3, 0.4) is 0 Å². The molecule has 1 saturated heterocycles. The number of nitrogens with one attached hydrogen (secondary N) is 2. The molecule has 1 fully saturated rings. The summed E-state index contributed by atoms with van der Waals surface area (Å²) in [5.41, 5.74) is 1.74. The molecular weight excluding hydrogens is 362 g/mol. The molecule has 0 unspecified atom stereocenters. The SMILES string of the molecule is CSc1cccc(NC(=O)CN2C(=O)N[C@H](CCc3ccccc3)C2=O)c1. The molecule has 6 nitrogen and oxygen atoms in total. The van der Waals surface area contributed by atoms with E-state index in [1.807, 2.05) is 54.8 Å². The average molecular weight is 383 g/mol. The molecular formula is C20H21N3O3S. The predicted molar refractivity (Wildman–Crippen MR) is 106 cm³/mol. The van der Waals surface area contributed by atoms with Crippen molar-refractivity contribution in [3.63, 3.8) is 0 Å². The standard InChI is InChI=1S/C20H21N3O3S/c1-27-16-9-5-8-15(12-16)21-18(24)13-23-19(25)17(22-20(23)26)11-10-14-6-3-2-4-7-14/h2-9,12,17H,10-11,13H2,1H3,(H,21,24)(H,22,26)/t17-/m1/s1. The zero-order valence-corrected chi connectivity index (χ0v) is 15.8. The van der Waals surface area contributed by atoms with E-state index in [-0.39, 0.29) is 12.5 Å². The molecule has 0 aromatic heterocycles. The van der Waals surface area contributed by atoms with E-state index in [0.29, 0.717) is 18.5 Å². The van der Waals surface area contributed by atoms with E-state index >= 15 is 0 Å². The van der Waals surface area contributed by atoms with Crippen molar-refractivity contribution in [1.82, 2.24) is 10.2 Å². The number of imide groups is 1. The Morgan fingerprint density at radius 1 is 1.15 bits per heavy atom. The highest BCUT2D eigenvalue weighted by molar-refractivity contribution is 7.98. The topological polar surface area (TPSA) is 78.5 Å². The number of carbonyl (C=O) groups is 3. The van der Waals surface area contributed by atoms with Gasteiger partial charge in [0.25, 0.3) is 5.91 Å². The number of thioether (sulfide) groups is 1. The van der Waals surface area contributed by atoms with Gasteiger partial charge in [-0.2, -0.15) is 0 Å². The third-order valence-corrected chi connectivity index (χ3v) is 5.05. The number of nitrogens with zero attached hydrogens (tertiary/aromatic N) is 1. The first kappa shape index (κ1) is 19.0. The molecule has 27 heavy (non-hydrogen) atoms. The van der Waals surface area contributed by atoms with Gasteiger partial charge in [-0.1, -0.05) is 36.4 Å². The minimum Gasteiger partial charge on any atom is -0.326 e. The Kier molecular flexibility index (Phi) is 6.13. The first-order valence-electron chi connectivity index (χ1n) is 8.66. The van der Waals surface area contributed by atoms with Gasteiger partial charge in [-0.15, -0.1) is 11.8 Å². The number of hydrogen-bond acceptors (Lipinski definition) is 4. The van der Waals surface area contributed by atoms with Gasteiger partial charge in [0.05, 0.1) is 0 Å². The smallest absolute Gasteiger partial charge is 0.325 e. The van der Waals surface area contributed by atoms with Crippen molar-refractivity contribution in [2.75, 3.05) is 18.1 Å². The van der Waals surface area contributed by atoms with Crippen molar-refractivity contribution in [2.45, 2.75) is 23.8 Å². The number of aryl methyl sites for hydroxylation is 1. The molecule has 0 spiro atoms. The Bertz CT molecular complexity index is 841. The molecule has 4 amide bonds. The lowest BCUT2D eigenvalue weighted by Crippen LogP contribution is -2.38. The Balaban J connectivity index is 1.55. The van der Waals surface area contributed by atoms with Crippen LogP contribution in [-0.2, 0) is 16.0 Å². The van der Waals surface area contributed by atoms with E-state index in [4.69, 9.17) is 0 Å². The van der Waals surface area contributed by atoms with E-state index in [1.165, 1.54) is 0 Å². The Morgan fingerprint density at radius 2 is 1.93 bits per heavy atom. The molecule has 1 aliphatic heterocycles. The summed E-state index contributed by atoms with van der Waals surface area (Å²) in [5, 5.41) is 5.40. The molecule has 1 heterocycles. The molecule has 0 saturated carbocycles. The summed E-state index contributed by atoms with van der Waals surface area (Å²) in [6.45, 7) is -0.296. The quantitative estimate of drug-likeness (QED) is 0.569. The van der Waals surface area contributed by atoms with E-state index in [0.717, 1.165) is 15.4 Å². The molecule has 2 N–H and O–H groups in total. The first-order valence-corrected chi connectivity index (χ1v) is 9.89. The molecule has 0 bridgehead atoms. The van der Waals surface area contributed by atoms with Crippen LogP contribution in [0.2, 0.25) is 0 Å². The minimum absolute atomic E-state index is 0.296. The van der Waals surface area contributed by atoms with Crippen LogP contribution < -0.4 is 10.6 Å². The van der Waals surface area contributed by atoms with Crippen LogP contribution in [0, 0.1) is 0 Å². The maximum absolute atomic E-state index is 12.5. The van der Waals surface area contributed by atoms with Gasteiger partial charge in [0, 0.05) is 10.6 Å². The van der Waals surface area contributed by atoms with Crippen molar-refractivity contribution in [2.24, 2.45) is 0 Å². The third-order valence-electron chi connectivity index (χ3n) is 4.33. The lowest BCUT2D eigenvalue weighted by atomic mass is 10.1. The zero-order chi connectivity index (χ0) is 19.2. The molecule has 140 valence electrons.